The molecule has 0 fully saturated rings. The summed E-state index contributed by atoms with van der Waals surface area (Å²) >= 11 is 0. The molecule has 0 radical (unpaired) electrons. The number of ether oxygens (including phenoxy) is 3. The largest absolute Gasteiger partial charge is 0.472 e. The van der Waals surface area contributed by atoms with Gasteiger partial charge in [0.05, 0.1) is 26.4 Å². The van der Waals surface area contributed by atoms with E-state index >= 15 is 0 Å². The number of allylic oxidation sites excluding steroid dienone is 30. The van der Waals surface area contributed by atoms with Crippen LogP contribution in [0.4, 0.5) is 0 Å². The lowest BCUT2D eigenvalue weighted by molar-refractivity contribution is -0.161. The van der Waals surface area contributed by atoms with Crippen LogP contribution in [0.3, 0.4) is 0 Å². The molecular weight excluding hydrogens is 1580 g/mol. The number of aliphatic hydroxyl groups is 2. The van der Waals surface area contributed by atoms with Gasteiger partial charge in [0, 0.05) is 19.3 Å². The monoisotopic (exact) mass is 1760 g/mol. The van der Waals surface area contributed by atoms with Gasteiger partial charge in [-0.3, -0.25) is 32.5 Å². The zero-order chi connectivity index (χ0) is 89.3. The number of carbonyl (C=O) groups is 3. The number of phosphoric ester groups is 2. The van der Waals surface area contributed by atoms with Gasteiger partial charge < -0.3 is 34.2 Å². The molecular formula is C105H178O16P2. The van der Waals surface area contributed by atoms with Gasteiger partial charge in [0.2, 0.25) is 0 Å². The van der Waals surface area contributed by atoms with Crippen molar-refractivity contribution >= 4 is 33.6 Å². The lowest BCUT2D eigenvalue weighted by Crippen LogP contribution is -2.30. The molecule has 0 aromatic carbocycles. The predicted octanol–water partition coefficient (Wildman–Crippen LogP) is 30.8. The van der Waals surface area contributed by atoms with Crippen molar-refractivity contribution in [3.05, 3.63) is 182 Å². The Kier molecular flexibility index (Phi) is 91.6. The average Bonchev–Trinajstić information content (AvgIpc) is 0.898. The molecule has 0 aromatic rings. The molecule has 5 atom stereocenters. The van der Waals surface area contributed by atoms with E-state index < -0.39 is 91.5 Å². The van der Waals surface area contributed by atoms with Crippen molar-refractivity contribution in [2.45, 2.75) is 424 Å². The van der Waals surface area contributed by atoms with E-state index in [1.165, 1.54) is 161 Å². The molecule has 4 N–H and O–H groups in total. The van der Waals surface area contributed by atoms with E-state index in [-0.39, 0.29) is 19.3 Å². The molecule has 0 saturated carbocycles. The smallest absolute Gasteiger partial charge is 0.463 e. The molecule has 0 rings (SSSR count). The highest BCUT2D eigenvalue weighted by Crippen LogP contribution is 2.45. The van der Waals surface area contributed by atoms with Crippen LogP contribution in [0.5, 0.6) is 0 Å². The number of esters is 3. The highest BCUT2D eigenvalue weighted by molar-refractivity contribution is 7.47. The first-order valence-electron chi connectivity index (χ1n) is 49.1. The van der Waals surface area contributed by atoms with Crippen molar-refractivity contribution < 1.29 is 75.8 Å². The number of carbonyl (C=O) groups excluding carboxylic acids is 3. The van der Waals surface area contributed by atoms with Crippen LogP contribution in [0.15, 0.2) is 182 Å². The van der Waals surface area contributed by atoms with Gasteiger partial charge in [-0.05, 0) is 161 Å². The van der Waals surface area contributed by atoms with Gasteiger partial charge >= 0.3 is 33.6 Å². The van der Waals surface area contributed by atoms with Crippen LogP contribution in [0.25, 0.3) is 0 Å². The highest BCUT2D eigenvalue weighted by atomic mass is 31.2. The maximum absolute atomic E-state index is 13.1. The third-order valence-electron chi connectivity index (χ3n) is 20.6. The summed E-state index contributed by atoms with van der Waals surface area (Å²) in [5.74, 6) is -1.58. The third kappa shape index (κ3) is 97.1. The van der Waals surface area contributed by atoms with Crippen LogP contribution in [0.2, 0.25) is 0 Å². The van der Waals surface area contributed by atoms with Crippen LogP contribution < -0.4 is 0 Å². The molecule has 5 unspecified atom stereocenters. The first kappa shape index (κ1) is 118. The summed E-state index contributed by atoms with van der Waals surface area (Å²) in [5, 5.41) is 20.8. The lowest BCUT2D eigenvalue weighted by atomic mass is 10.0. The SMILES string of the molecule is CC/C=C\C/C=C\C/C=C\C/C=C\C/C=C\C/C=C\CCCCCCCCCCCCC(=O)OCC(COP(=O)(O)OCC(O)COP(=O)(O)OCC(O)COC(=O)CCCCCCCCCCCCCCCCCCCCC/C=C\C/C=C\C/C=C\C/C=C\C/C=C\CC)OC(=O)CCCCCCCCC/C=C\C/C=C\C/C=C\C/C=C\CCCCC. The zero-order valence-electron chi connectivity index (χ0n) is 77.8. The molecule has 0 aliphatic carbocycles. The van der Waals surface area contributed by atoms with Crippen molar-refractivity contribution in [1.29, 1.82) is 0 Å². The van der Waals surface area contributed by atoms with E-state index in [0.717, 1.165) is 186 Å². The van der Waals surface area contributed by atoms with Gasteiger partial charge in [0.1, 0.15) is 25.4 Å². The fourth-order valence-corrected chi connectivity index (χ4v) is 14.8. The lowest BCUT2D eigenvalue weighted by Gasteiger charge is -2.21. The Morgan fingerprint density at radius 3 is 0.683 bits per heavy atom. The van der Waals surface area contributed by atoms with E-state index in [0.29, 0.717) is 19.3 Å². The molecule has 123 heavy (non-hydrogen) atoms. The second-order valence-electron chi connectivity index (χ2n) is 32.5. The second-order valence-corrected chi connectivity index (χ2v) is 35.4. The molecule has 0 aromatic heterocycles. The van der Waals surface area contributed by atoms with Gasteiger partial charge in [-0.2, -0.15) is 0 Å². The van der Waals surface area contributed by atoms with Gasteiger partial charge in [0.15, 0.2) is 6.10 Å². The van der Waals surface area contributed by atoms with Crippen molar-refractivity contribution in [2.24, 2.45) is 0 Å². The Morgan fingerprint density at radius 2 is 0.431 bits per heavy atom. The number of rotatable bonds is 92. The molecule has 704 valence electrons. The first-order chi connectivity index (χ1) is 60.2. The Labute approximate surface area is 751 Å². The van der Waals surface area contributed by atoms with E-state index in [9.17, 15) is 43.5 Å². The number of unbranched alkanes of at least 4 members (excludes halogenated alkanes) is 39. The number of aliphatic hydroxyl groups excluding tert-OH is 2. The third-order valence-corrected chi connectivity index (χ3v) is 22.5. The fourth-order valence-electron chi connectivity index (χ4n) is 13.2. The molecule has 18 heteroatoms. The highest BCUT2D eigenvalue weighted by Gasteiger charge is 2.30. The summed E-state index contributed by atoms with van der Waals surface area (Å²) in [6.45, 7) is 2.46. The quantitative estimate of drug-likeness (QED) is 0.0146. The second kappa shape index (κ2) is 95.7. The molecule has 0 aliphatic heterocycles. The number of hydrogen-bond donors (Lipinski definition) is 4. The van der Waals surface area contributed by atoms with Crippen LogP contribution in [0.1, 0.15) is 406 Å². The van der Waals surface area contributed by atoms with Gasteiger partial charge in [-0.15, -0.1) is 0 Å². The summed E-state index contributed by atoms with van der Waals surface area (Å²) in [6, 6.07) is 0. The zero-order valence-corrected chi connectivity index (χ0v) is 79.6. The van der Waals surface area contributed by atoms with E-state index in [2.05, 4.69) is 203 Å². The van der Waals surface area contributed by atoms with Crippen molar-refractivity contribution in [2.75, 3.05) is 39.6 Å². The van der Waals surface area contributed by atoms with Crippen LogP contribution in [-0.4, -0.2) is 95.9 Å². The Balaban J connectivity index is 4.57. The standard InChI is InChI=1S/C105H178O16P2/c1-4-7-10-13-16-19-22-25-28-31-34-37-40-42-44-46-47-48-49-50-51-53-55-56-59-61-64-67-70-73-76-79-82-85-88-91-103(108)115-94-100(106)95-117-122(111,112)118-96-101(107)97-119-123(113,114)120-99-102(121-105(110)93-90-87-84-81-78-75-72-69-66-63-58-39-36-33-30-27-24-21-18-15-12-9-6-3)98-116-104(109)92-89-86-83-80-77-74-71-68-65-62-60-57-54-52-45-43-41-38-35-32-29-26-23-20-17-14-11-8-5-2/h7-8,10-11,16-21,25-30,34-39,42-45,54,57,63,66,100-102,106-107H,4-6,9,12-15,22-24,31-33,40-41,46-53,55-56,58-62,64-65,67-99H2,1-3H3,(H,111,112)(H,113,114)/b10-7-,11-8-,19-16-,20-17-,21-18-,28-25-,29-26-,30-27-,37-34-,38-35-,39-36-,44-42-,45-43-,57-54-,66-63-. The summed E-state index contributed by atoms with van der Waals surface area (Å²) in [6.07, 6.45) is 127. The van der Waals surface area contributed by atoms with Gasteiger partial charge in [-0.1, -0.05) is 409 Å². The van der Waals surface area contributed by atoms with Gasteiger partial charge in [0.25, 0.3) is 0 Å². The molecule has 16 nitrogen and oxygen atoms in total. The normalized spacial score (nSPS) is 14.5. The number of phosphoric acid groups is 2. The average molecular weight is 1760 g/mol. The summed E-state index contributed by atoms with van der Waals surface area (Å²) in [7, 11) is -9.82. The minimum absolute atomic E-state index is 0.0868. The molecule has 0 amide bonds. The van der Waals surface area contributed by atoms with Crippen molar-refractivity contribution in [3.63, 3.8) is 0 Å². The maximum atomic E-state index is 13.1. The molecule has 0 bridgehead atoms. The van der Waals surface area contributed by atoms with Crippen molar-refractivity contribution in [3.8, 4) is 0 Å². The minimum Gasteiger partial charge on any atom is -0.463 e. The topological polar surface area (TPSA) is 231 Å². The summed E-state index contributed by atoms with van der Waals surface area (Å²) < 4.78 is 61.6. The van der Waals surface area contributed by atoms with E-state index in [4.69, 9.17) is 32.3 Å². The maximum Gasteiger partial charge on any atom is 0.472 e. The van der Waals surface area contributed by atoms with Crippen LogP contribution in [0, 0.1) is 0 Å². The Morgan fingerprint density at radius 1 is 0.236 bits per heavy atom. The van der Waals surface area contributed by atoms with E-state index in [1.807, 2.05) is 0 Å². The van der Waals surface area contributed by atoms with Crippen LogP contribution >= 0.6 is 15.6 Å². The van der Waals surface area contributed by atoms with Crippen molar-refractivity contribution in [1.82, 2.24) is 0 Å². The molecule has 0 saturated heterocycles. The Bertz CT molecular complexity index is 2970. The number of hydrogen-bond acceptors (Lipinski definition) is 14. The fraction of sp³-hybridized carbons (Fsp3) is 0.686. The first-order valence-corrected chi connectivity index (χ1v) is 52.1. The minimum atomic E-state index is -4.95. The Hall–Kier alpha value is -5.35. The molecule has 0 heterocycles. The molecule has 0 spiro atoms. The predicted molar refractivity (Wildman–Crippen MR) is 518 cm³/mol. The molecule has 0 aliphatic rings. The van der Waals surface area contributed by atoms with Crippen LogP contribution in [-0.2, 0) is 55.8 Å². The summed E-state index contributed by atoms with van der Waals surface area (Å²) in [5.41, 5.74) is 0. The summed E-state index contributed by atoms with van der Waals surface area (Å²) in [4.78, 5) is 59.1. The van der Waals surface area contributed by atoms with Gasteiger partial charge in [-0.25, -0.2) is 9.13 Å². The van der Waals surface area contributed by atoms with E-state index in [1.54, 1.807) is 0 Å².